The summed E-state index contributed by atoms with van der Waals surface area (Å²) in [6.07, 6.45) is 6.36. The molecule has 2 aliphatic heterocycles. The lowest BCUT2D eigenvalue weighted by atomic mass is 9.44. The molecule has 4 aliphatic carbocycles. The van der Waals surface area contributed by atoms with Gasteiger partial charge in [-0.2, -0.15) is 0 Å². The Hall–Kier alpha value is -2.25. The van der Waals surface area contributed by atoms with Gasteiger partial charge in [0, 0.05) is 17.9 Å². The Morgan fingerprint density at radius 1 is 1.06 bits per heavy atom. The van der Waals surface area contributed by atoms with Gasteiger partial charge in [-0.3, -0.25) is 9.59 Å². The SMILES string of the molecule is CC1=C(C)C(=O)OC([C@]2(C)OC(=O)[C@]34CC[C@H]5[C@@H](CC(O)C6=CC=CC(=O)[C@@]65C)[C@]3(O)CC[C@H]24)C1. The van der Waals surface area contributed by atoms with Crippen LogP contribution in [0.15, 0.2) is 34.9 Å². The van der Waals surface area contributed by atoms with Crippen LogP contribution in [0.2, 0.25) is 0 Å². The summed E-state index contributed by atoms with van der Waals surface area (Å²) in [5.74, 6) is -1.78. The fourth-order valence-corrected chi connectivity index (χ4v) is 8.99. The third-order valence-electron chi connectivity index (χ3n) is 11.0. The maximum absolute atomic E-state index is 13.8. The predicted octanol–water partition coefficient (Wildman–Crippen LogP) is 2.94. The number of fused-ring (bicyclic) bond motifs is 4. The minimum Gasteiger partial charge on any atom is -0.455 e. The summed E-state index contributed by atoms with van der Waals surface area (Å²) in [7, 11) is 0. The van der Waals surface area contributed by atoms with Crippen LogP contribution in [-0.4, -0.2) is 51.3 Å². The number of carbonyl (C=O) groups is 3. The molecule has 0 aromatic rings. The molecule has 3 saturated carbocycles. The Morgan fingerprint density at radius 3 is 2.51 bits per heavy atom. The van der Waals surface area contributed by atoms with Crippen molar-refractivity contribution in [2.45, 2.75) is 89.6 Å². The Morgan fingerprint density at radius 2 is 1.80 bits per heavy atom. The predicted molar refractivity (Wildman–Crippen MR) is 125 cm³/mol. The molecule has 0 aromatic carbocycles. The smallest absolute Gasteiger partial charge is 0.334 e. The molecular weight excluding hydrogens is 448 g/mol. The van der Waals surface area contributed by atoms with Gasteiger partial charge in [-0.15, -0.1) is 0 Å². The molecule has 2 heterocycles. The molecule has 0 amide bonds. The van der Waals surface area contributed by atoms with Crippen molar-refractivity contribution in [3.63, 3.8) is 0 Å². The molecule has 0 radical (unpaired) electrons. The standard InChI is InChI=1S/C28H34O7/c1-14-12-22(34-23(31)15(14)2)26(4)20-9-11-28(33)18-13-19(29)17-6-5-7-21(30)25(17,3)16(18)8-10-27(20,28)24(32)35-26/h5-7,16,18-20,22,29,33H,8-13H2,1-4H3/t16-,18+,19?,20+,22?,25+,26+,27+,28+/m0/s1. The van der Waals surface area contributed by atoms with Crippen LogP contribution in [0.4, 0.5) is 0 Å². The lowest BCUT2D eigenvalue weighted by molar-refractivity contribution is -0.201. The molecule has 0 bridgehead atoms. The number of aliphatic hydroxyl groups is 2. The summed E-state index contributed by atoms with van der Waals surface area (Å²) in [5.41, 5.74) is -2.24. The second-order valence-electron chi connectivity index (χ2n) is 12.1. The summed E-state index contributed by atoms with van der Waals surface area (Å²) < 4.78 is 11.9. The highest BCUT2D eigenvalue weighted by atomic mass is 16.6. The van der Waals surface area contributed by atoms with E-state index in [1.54, 1.807) is 19.1 Å². The maximum Gasteiger partial charge on any atom is 0.334 e. The van der Waals surface area contributed by atoms with Crippen molar-refractivity contribution in [2.24, 2.45) is 28.6 Å². The first-order chi connectivity index (χ1) is 16.4. The number of ether oxygens (including phenoxy) is 2. The molecule has 35 heavy (non-hydrogen) atoms. The van der Waals surface area contributed by atoms with Crippen LogP contribution in [0, 0.1) is 28.6 Å². The van der Waals surface area contributed by atoms with Crippen molar-refractivity contribution in [1.82, 2.24) is 0 Å². The average molecular weight is 483 g/mol. The van der Waals surface area contributed by atoms with Gasteiger partial charge in [-0.05, 0) is 83.3 Å². The topological polar surface area (TPSA) is 110 Å². The third kappa shape index (κ3) is 2.51. The monoisotopic (exact) mass is 482 g/mol. The van der Waals surface area contributed by atoms with E-state index in [1.807, 2.05) is 26.8 Å². The van der Waals surface area contributed by atoms with Crippen LogP contribution in [0.1, 0.15) is 66.2 Å². The zero-order chi connectivity index (χ0) is 25.1. The molecule has 2 N–H and O–H groups in total. The number of hydrogen-bond acceptors (Lipinski definition) is 7. The highest BCUT2D eigenvalue weighted by Crippen LogP contribution is 2.72. The Labute approximate surface area is 205 Å². The maximum atomic E-state index is 13.8. The number of carbonyl (C=O) groups excluding carboxylic acids is 3. The van der Waals surface area contributed by atoms with Crippen LogP contribution < -0.4 is 0 Å². The zero-order valence-electron chi connectivity index (χ0n) is 20.8. The first-order valence-corrected chi connectivity index (χ1v) is 12.9. The van der Waals surface area contributed by atoms with Gasteiger partial charge in [0.1, 0.15) is 11.5 Å². The second kappa shape index (κ2) is 6.94. The van der Waals surface area contributed by atoms with Crippen molar-refractivity contribution < 1.29 is 34.1 Å². The van der Waals surface area contributed by atoms with Crippen molar-refractivity contribution in [3.05, 3.63) is 34.9 Å². The molecule has 9 atom stereocenters. The fraction of sp³-hybridized carbons (Fsp3) is 0.679. The van der Waals surface area contributed by atoms with E-state index in [4.69, 9.17) is 9.47 Å². The van der Waals surface area contributed by atoms with Crippen molar-refractivity contribution >= 4 is 17.7 Å². The van der Waals surface area contributed by atoms with E-state index in [-0.39, 0.29) is 23.6 Å². The number of aliphatic hydroxyl groups excluding tert-OH is 1. The van der Waals surface area contributed by atoms with E-state index in [1.165, 1.54) is 0 Å². The lowest BCUT2D eigenvalue weighted by Gasteiger charge is -2.60. The Bertz CT molecular complexity index is 1150. The van der Waals surface area contributed by atoms with Gasteiger partial charge in [0.05, 0.1) is 17.1 Å². The number of esters is 2. The van der Waals surface area contributed by atoms with Gasteiger partial charge in [0.25, 0.3) is 0 Å². The quantitative estimate of drug-likeness (QED) is 0.553. The van der Waals surface area contributed by atoms with E-state index >= 15 is 0 Å². The Kier molecular flexibility index (Phi) is 4.60. The molecule has 188 valence electrons. The molecule has 1 saturated heterocycles. The number of allylic oxidation sites excluding steroid dienone is 3. The van der Waals surface area contributed by atoms with Crippen molar-refractivity contribution in [3.8, 4) is 0 Å². The number of cyclic esters (lactones) is 2. The molecular formula is C28H34O7. The fourth-order valence-electron chi connectivity index (χ4n) is 8.99. The van der Waals surface area contributed by atoms with Crippen molar-refractivity contribution in [2.75, 3.05) is 0 Å². The van der Waals surface area contributed by atoms with Gasteiger partial charge < -0.3 is 19.7 Å². The summed E-state index contributed by atoms with van der Waals surface area (Å²) in [5, 5.41) is 23.6. The van der Waals surface area contributed by atoms with E-state index in [2.05, 4.69) is 0 Å². The molecule has 7 nitrogen and oxygen atoms in total. The summed E-state index contributed by atoms with van der Waals surface area (Å²) in [6.45, 7) is 7.38. The Balaban J connectivity index is 1.41. The highest BCUT2D eigenvalue weighted by Gasteiger charge is 2.80. The minimum atomic E-state index is -1.40. The van der Waals surface area contributed by atoms with E-state index in [0.29, 0.717) is 49.7 Å². The third-order valence-corrected chi connectivity index (χ3v) is 11.0. The minimum absolute atomic E-state index is 0.0524. The van der Waals surface area contributed by atoms with Crippen LogP contribution in [0.3, 0.4) is 0 Å². The van der Waals surface area contributed by atoms with Gasteiger partial charge in [-0.25, -0.2) is 4.79 Å². The van der Waals surface area contributed by atoms with Crippen LogP contribution in [0.25, 0.3) is 0 Å². The number of hydrogen-bond donors (Lipinski definition) is 2. The van der Waals surface area contributed by atoms with Crippen LogP contribution >= 0.6 is 0 Å². The average Bonchev–Trinajstić information content (AvgIpc) is 3.24. The summed E-state index contributed by atoms with van der Waals surface area (Å²) >= 11 is 0. The normalized spacial score (nSPS) is 50.6. The first-order valence-electron chi connectivity index (χ1n) is 12.9. The molecule has 0 aromatic heterocycles. The van der Waals surface area contributed by atoms with Crippen LogP contribution in [0.5, 0.6) is 0 Å². The summed E-state index contributed by atoms with van der Waals surface area (Å²) in [4.78, 5) is 39.5. The number of ketones is 1. The summed E-state index contributed by atoms with van der Waals surface area (Å²) in [6, 6.07) is 0. The first kappa shape index (κ1) is 23.2. The highest BCUT2D eigenvalue weighted by molar-refractivity contribution is 5.99. The van der Waals surface area contributed by atoms with E-state index in [0.717, 1.165) is 5.57 Å². The lowest BCUT2D eigenvalue weighted by Crippen LogP contribution is -2.66. The molecule has 6 aliphatic rings. The van der Waals surface area contributed by atoms with Gasteiger partial charge in [0.2, 0.25) is 0 Å². The molecule has 4 fully saturated rings. The van der Waals surface area contributed by atoms with E-state index in [9.17, 15) is 24.6 Å². The van der Waals surface area contributed by atoms with Crippen molar-refractivity contribution in [1.29, 1.82) is 0 Å². The number of rotatable bonds is 1. The molecule has 2 unspecified atom stereocenters. The van der Waals surface area contributed by atoms with Gasteiger partial charge in [0.15, 0.2) is 11.4 Å². The molecule has 6 rings (SSSR count). The van der Waals surface area contributed by atoms with E-state index < -0.39 is 46.1 Å². The molecule has 7 heteroatoms. The van der Waals surface area contributed by atoms with Gasteiger partial charge >= 0.3 is 11.9 Å². The molecule has 1 spiro atoms. The van der Waals surface area contributed by atoms with Gasteiger partial charge in [-0.1, -0.05) is 17.7 Å². The second-order valence-corrected chi connectivity index (χ2v) is 12.1. The van der Waals surface area contributed by atoms with Crippen LogP contribution in [-0.2, 0) is 23.9 Å². The zero-order valence-corrected chi connectivity index (χ0v) is 20.8. The largest absolute Gasteiger partial charge is 0.455 e.